The van der Waals surface area contributed by atoms with Crippen molar-refractivity contribution in [3.8, 4) is 22.9 Å². The standard InChI is InChI=1S/C32H29F2N3O5/c1-19-4-5-23(29(12-19)41-3)18-42-31-17-24(33)16-27(36-31)21-7-6-20(25(34)13-21)15-30-35-26-9-8-22(32(38)39)14-28(26)37(30)10-11-40-2/h4-9,12-14,16-17H,10-11,15,18H2,1-3H3,(H,38,39). The van der Waals surface area contributed by atoms with Crippen molar-refractivity contribution in [2.24, 2.45) is 0 Å². The van der Waals surface area contributed by atoms with Gasteiger partial charge in [-0.2, -0.15) is 0 Å². The molecule has 0 aliphatic heterocycles. The summed E-state index contributed by atoms with van der Waals surface area (Å²) in [5.41, 5.74) is 4.14. The minimum atomic E-state index is -1.05. The van der Waals surface area contributed by atoms with Gasteiger partial charge in [0.05, 0.1) is 36.0 Å². The number of methoxy groups -OCH3 is 2. The molecule has 5 aromatic rings. The van der Waals surface area contributed by atoms with E-state index in [0.29, 0.717) is 46.9 Å². The van der Waals surface area contributed by atoms with Gasteiger partial charge in [-0.15, -0.1) is 0 Å². The maximum atomic E-state index is 15.4. The van der Waals surface area contributed by atoms with Gasteiger partial charge in [-0.05, 0) is 48.4 Å². The molecule has 0 atom stereocenters. The van der Waals surface area contributed by atoms with E-state index in [4.69, 9.17) is 14.2 Å². The number of aryl methyl sites for hydroxylation is 1. The number of rotatable bonds is 11. The number of nitrogens with zero attached hydrogens (tertiary/aromatic N) is 3. The van der Waals surface area contributed by atoms with Gasteiger partial charge in [-0.3, -0.25) is 0 Å². The number of aromatic carboxylic acids is 1. The van der Waals surface area contributed by atoms with E-state index >= 15 is 4.39 Å². The molecular formula is C32H29F2N3O5. The fourth-order valence-corrected chi connectivity index (χ4v) is 4.71. The molecule has 0 amide bonds. The zero-order valence-corrected chi connectivity index (χ0v) is 23.4. The number of hydrogen-bond donors (Lipinski definition) is 1. The molecule has 0 aliphatic carbocycles. The Morgan fingerprint density at radius 2 is 1.76 bits per heavy atom. The minimum absolute atomic E-state index is 0.0599. The SMILES string of the molecule is COCCn1c(Cc2ccc(-c3cc(F)cc(OCc4ccc(C)cc4OC)n3)cc2F)nc2ccc(C(=O)O)cc21. The molecule has 10 heteroatoms. The number of imidazole rings is 1. The van der Waals surface area contributed by atoms with E-state index in [1.165, 1.54) is 24.3 Å². The minimum Gasteiger partial charge on any atom is -0.496 e. The zero-order chi connectivity index (χ0) is 29.8. The molecule has 1 N–H and O–H groups in total. The van der Waals surface area contributed by atoms with Crippen LogP contribution in [0.1, 0.15) is 32.9 Å². The van der Waals surface area contributed by atoms with Gasteiger partial charge in [-0.1, -0.05) is 24.3 Å². The van der Waals surface area contributed by atoms with Gasteiger partial charge in [0.15, 0.2) is 0 Å². The first-order valence-electron chi connectivity index (χ1n) is 13.2. The lowest BCUT2D eigenvalue weighted by atomic mass is 10.1. The van der Waals surface area contributed by atoms with Crippen LogP contribution in [0.2, 0.25) is 0 Å². The molecule has 42 heavy (non-hydrogen) atoms. The van der Waals surface area contributed by atoms with E-state index in [1.807, 2.05) is 29.7 Å². The number of aromatic nitrogens is 3. The largest absolute Gasteiger partial charge is 0.496 e. The number of pyridine rings is 1. The van der Waals surface area contributed by atoms with Crippen LogP contribution in [0.3, 0.4) is 0 Å². The van der Waals surface area contributed by atoms with Crippen LogP contribution in [0.15, 0.2) is 66.7 Å². The van der Waals surface area contributed by atoms with Crippen LogP contribution in [-0.2, 0) is 24.3 Å². The van der Waals surface area contributed by atoms with Gasteiger partial charge in [-0.25, -0.2) is 23.5 Å². The Bertz CT molecular complexity index is 1770. The molecule has 2 aromatic heterocycles. The molecule has 0 aliphatic rings. The lowest BCUT2D eigenvalue weighted by Crippen LogP contribution is -2.10. The van der Waals surface area contributed by atoms with E-state index in [-0.39, 0.29) is 30.2 Å². The van der Waals surface area contributed by atoms with Crippen LogP contribution in [0.4, 0.5) is 8.78 Å². The van der Waals surface area contributed by atoms with Crippen LogP contribution < -0.4 is 9.47 Å². The third-order valence-electron chi connectivity index (χ3n) is 6.88. The first kappa shape index (κ1) is 28.7. The topological polar surface area (TPSA) is 95.7 Å². The van der Waals surface area contributed by atoms with Crippen LogP contribution in [-0.4, -0.2) is 46.4 Å². The number of fused-ring (bicyclic) bond motifs is 1. The Hall–Kier alpha value is -4.83. The first-order valence-corrected chi connectivity index (χ1v) is 13.2. The number of carboxylic acid groups (broad SMARTS) is 1. The lowest BCUT2D eigenvalue weighted by Gasteiger charge is -2.12. The molecule has 5 rings (SSSR count). The second-order valence-electron chi connectivity index (χ2n) is 9.78. The number of hydrogen-bond acceptors (Lipinski definition) is 6. The second-order valence-corrected chi connectivity index (χ2v) is 9.78. The number of carboxylic acids is 1. The summed E-state index contributed by atoms with van der Waals surface area (Å²) < 4.78 is 48.2. The molecule has 0 unspecified atom stereocenters. The molecule has 2 heterocycles. The average Bonchev–Trinajstić information content (AvgIpc) is 3.31. The van der Waals surface area contributed by atoms with Crippen molar-refractivity contribution in [1.29, 1.82) is 0 Å². The molecular weight excluding hydrogens is 544 g/mol. The van der Waals surface area contributed by atoms with Crippen molar-refractivity contribution < 1.29 is 32.9 Å². The molecule has 0 saturated heterocycles. The Kier molecular flexibility index (Phi) is 8.44. The summed E-state index contributed by atoms with van der Waals surface area (Å²) in [7, 11) is 3.13. The van der Waals surface area contributed by atoms with Gasteiger partial charge < -0.3 is 23.9 Å². The van der Waals surface area contributed by atoms with Crippen molar-refractivity contribution in [2.75, 3.05) is 20.8 Å². The summed E-state index contributed by atoms with van der Waals surface area (Å²) in [6.45, 7) is 2.84. The highest BCUT2D eigenvalue weighted by atomic mass is 19.1. The summed E-state index contributed by atoms with van der Waals surface area (Å²) in [6.07, 6.45) is 0.149. The molecule has 0 radical (unpaired) electrons. The quantitative estimate of drug-likeness (QED) is 0.201. The van der Waals surface area contributed by atoms with Crippen LogP contribution >= 0.6 is 0 Å². The van der Waals surface area contributed by atoms with Gasteiger partial charge in [0.1, 0.15) is 29.8 Å². The van der Waals surface area contributed by atoms with Crippen LogP contribution in [0.25, 0.3) is 22.3 Å². The van der Waals surface area contributed by atoms with Crippen molar-refractivity contribution in [3.63, 3.8) is 0 Å². The van der Waals surface area contributed by atoms with E-state index in [9.17, 15) is 14.3 Å². The normalized spacial score (nSPS) is 11.2. The Morgan fingerprint density at radius 3 is 2.50 bits per heavy atom. The van der Waals surface area contributed by atoms with Gasteiger partial charge in [0, 0.05) is 43.3 Å². The third-order valence-corrected chi connectivity index (χ3v) is 6.88. The zero-order valence-electron chi connectivity index (χ0n) is 23.4. The van der Waals surface area contributed by atoms with Crippen molar-refractivity contribution in [2.45, 2.75) is 26.5 Å². The van der Waals surface area contributed by atoms with Gasteiger partial charge in [0.25, 0.3) is 0 Å². The van der Waals surface area contributed by atoms with Crippen LogP contribution in [0, 0.1) is 18.6 Å². The summed E-state index contributed by atoms with van der Waals surface area (Å²) in [5.74, 6) is -0.853. The maximum absolute atomic E-state index is 15.4. The van der Waals surface area contributed by atoms with Crippen molar-refractivity contribution in [1.82, 2.24) is 14.5 Å². The third kappa shape index (κ3) is 6.23. The van der Waals surface area contributed by atoms with Gasteiger partial charge in [0.2, 0.25) is 5.88 Å². The molecule has 8 nitrogen and oxygen atoms in total. The summed E-state index contributed by atoms with van der Waals surface area (Å²) in [5, 5.41) is 9.41. The maximum Gasteiger partial charge on any atom is 0.335 e. The highest BCUT2D eigenvalue weighted by molar-refractivity contribution is 5.92. The second kappa shape index (κ2) is 12.4. The lowest BCUT2D eigenvalue weighted by molar-refractivity contribution is 0.0697. The fourth-order valence-electron chi connectivity index (χ4n) is 4.71. The number of halogens is 2. The fraction of sp³-hybridized carbons (Fsp3) is 0.219. The molecule has 0 bridgehead atoms. The van der Waals surface area contributed by atoms with Gasteiger partial charge >= 0.3 is 5.97 Å². The summed E-state index contributed by atoms with van der Waals surface area (Å²) in [4.78, 5) is 20.5. The van der Waals surface area contributed by atoms with Crippen molar-refractivity contribution >= 4 is 17.0 Å². The molecule has 216 valence electrons. The highest BCUT2D eigenvalue weighted by Gasteiger charge is 2.17. The van der Waals surface area contributed by atoms with Crippen molar-refractivity contribution in [3.05, 3.63) is 106 Å². The first-order chi connectivity index (χ1) is 20.2. The molecule has 3 aromatic carbocycles. The summed E-state index contributed by atoms with van der Waals surface area (Å²) >= 11 is 0. The van der Waals surface area contributed by atoms with E-state index in [1.54, 1.807) is 38.5 Å². The monoisotopic (exact) mass is 573 g/mol. The molecule has 0 spiro atoms. The van der Waals surface area contributed by atoms with E-state index in [2.05, 4.69) is 9.97 Å². The van der Waals surface area contributed by atoms with E-state index < -0.39 is 17.6 Å². The van der Waals surface area contributed by atoms with Crippen LogP contribution in [0.5, 0.6) is 11.6 Å². The molecule has 0 fully saturated rings. The smallest absolute Gasteiger partial charge is 0.335 e. The number of ether oxygens (including phenoxy) is 3. The Morgan fingerprint density at radius 1 is 0.952 bits per heavy atom. The predicted octanol–water partition coefficient (Wildman–Crippen LogP) is 6.21. The Balaban J connectivity index is 1.40. The number of benzene rings is 3. The number of carbonyl (C=O) groups is 1. The average molecular weight is 574 g/mol. The molecule has 0 saturated carbocycles. The highest BCUT2D eigenvalue weighted by Crippen LogP contribution is 2.27. The predicted molar refractivity (Wildman–Crippen MR) is 153 cm³/mol. The summed E-state index contributed by atoms with van der Waals surface area (Å²) in [6, 6.07) is 17.3. The Labute approximate surface area is 241 Å². The van der Waals surface area contributed by atoms with E-state index in [0.717, 1.165) is 11.1 Å².